The van der Waals surface area contributed by atoms with Crippen molar-refractivity contribution in [2.75, 3.05) is 12.4 Å². The summed E-state index contributed by atoms with van der Waals surface area (Å²) in [6, 6.07) is 12.3. The number of rotatable bonds is 5. The van der Waals surface area contributed by atoms with Crippen molar-refractivity contribution in [3.63, 3.8) is 0 Å². The quantitative estimate of drug-likeness (QED) is 0.874. The lowest BCUT2D eigenvalue weighted by atomic mass is 10.1. The monoisotopic (exact) mass is 293 g/mol. The second kappa shape index (κ2) is 6.62. The largest absolute Gasteiger partial charge is 0.496 e. The molecule has 0 aliphatic rings. The zero-order chi connectivity index (χ0) is 14.5. The Labute approximate surface area is 123 Å². The number of hydrogen-bond donors (Lipinski definition) is 1. The van der Waals surface area contributed by atoms with Crippen LogP contribution in [0.4, 0.5) is 10.1 Å². The number of halogens is 2. The van der Waals surface area contributed by atoms with Crippen LogP contribution in [0.25, 0.3) is 0 Å². The highest BCUT2D eigenvalue weighted by Gasteiger charge is 2.10. The second-order valence-electron chi connectivity index (χ2n) is 4.69. The van der Waals surface area contributed by atoms with Crippen molar-refractivity contribution in [3.8, 4) is 5.75 Å². The van der Waals surface area contributed by atoms with Gasteiger partial charge in [-0.3, -0.25) is 0 Å². The van der Waals surface area contributed by atoms with Crippen LogP contribution in [-0.4, -0.2) is 13.2 Å². The molecule has 4 heteroatoms. The number of benzene rings is 2. The maximum atomic E-state index is 13.2. The normalized spacial score (nSPS) is 12.0. The van der Waals surface area contributed by atoms with Crippen LogP contribution in [0.2, 0.25) is 5.02 Å². The van der Waals surface area contributed by atoms with E-state index in [1.54, 1.807) is 13.2 Å². The summed E-state index contributed by atoms with van der Waals surface area (Å²) in [4.78, 5) is 0. The molecule has 0 aliphatic carbocycles. The summed E-state index contributed by atoms with van der Waals surface area (Å²) in [5.74, 6) is 0.549. The van der Waals surface area contributed by atoms with Crippen LogP contribution in [0.5, 0.6) is 5.75 Å². The highest BCUT2D eigenvalue weighted by atomic mass is 35.5. The van der Waals surface area contributed by atoms with Gasteiger partial charge in [-0.25, -0.2) is 4.39 Å². The topological polar surface area (TPSA) is 21.3 Å². The van der Waals surface area contributed by atoms with Crippen molar-refractivity contribution in [1.29, 1.82) is 0 Å². The molecule has 2 rings (SSSR count). The first-order chi connectivity index (χ1) is 9.60. The molecule has 0 radical (unpaired) electrons. The lowest BCUT2D eigenvalue weighted by molar-refractivity contribution is 0.409. The number of para-hydroxylation sites is 1. The zero-order valence-corrected chi connectivity index (χ0v) is 12.2. The highest BCUT2D eigenvalue weighted by Crippen LogP contribution is 2.25. The van der Waals surface area contributed by atoms with E-state index in [0.29, 0.717) is 10.7 Å². The van der Waals surface area contributed by atoms with Gasteiger partial charge < -0.3 is 10.1 Å². The van der Waals surface area contributed by atoms with Gasteiger partial charge in [0.15, 0.2) is 0 Å². The van der Waals surface area contributed by atoms with Crippen LogP contribution in [0.15, 0.2) is 42.5 Å². The molecule has 0 amide bonds. The molecule has 1 N–H and O–H groups in total. The van der Waals surface area contributed by atoms with Gasteiger partial charge in [0.25, 0.3) is 0 Å². The number of anilines is 1. The number of ether oxygens (including phenoxy) is 1. The molecule has 2 aromatic rings. The Kier molecular flexibility index (Phi) is 4.85. The SMILES string of the molecule is COc1ccccc1CC(C)Nc1cc(F)ccc1Cl. The Morgan fingerprint density at radius 2 is 2.00 bits per heavy atom. The fourth-order valence-corrected chi connectivity index (χ4v) is 2.30. The van der Waals surface area contributed by atoms with Crippen LogP contribution in [-0.2, 0) is 6.42 Å². The van der Waals surface area contributed by atoms with E-state index in [2.05, 4.69) is 5.32 Å². The minimum Gasteiger partial charge on any atom is -0.496 e. The Bertz CT molecular complexity index is 588. The van der Waals surface area contributed by atoms with Gasteiger partial charge in [0, 0.05) is 6.04 Å². The first-order valence-electron chi connectivity index (χ1n) is 6.43. The Morgan fingerprint density at radius 3 is 2.75 bits per heavy atom. The maximum absolute atomic E-state index is 13.2. The van der Waals surface area contributed by atoms with Gasteiger partial charge in [-0.15, -0.1) is 0 Å². The second-order valence-corrected chi connectivity index (χ2v) is 5.09. The molecule has 0 aliphatic heterocycles. The predicted octanol–water partition coefficient (Wildman–Crippen LogP) is 4.53. The van der Waals surface area contributed by atoms with Gasteiger partial charge in [-0.2, -0.15) is 0 Å². The van der Waals surface area contributed by atoms with Crippen molar-refractivity contribution < 1.29 is 9.13 Å². The molecular weight excluding hydrogens is 277 g/mol. The summed E-state index contributed by atoms with van der Waals surface area (Å²) in [6.45, 7) is 2.02. The lowest BCUT2D eigenvalue weighted by Crippen LogP contribution is -2.18. The first kappa shape index (κ1) is 14.7. The third kappa shape index (κ3) is 3.64. The summed E-state index contributed by atoms with van der Waals surface area (Å²) < 4.78 is 18.5. The Morgan fingerprint density at radius 1 is 1.25 bits per heavy atom. The van der Waals surface area contributed by atoms with E-state index >= 15 is 0 Å². The fraction of sp³-hybridized carbons (Fsp3) is 0.250. The number of hydrogen-bond acceptors (Lipinski definition) is 2. The summed E-state index contributed by atoms with van der Waals surface area (Å²) in [5.41, 5.74) is 1.71. The standard InChI is InChI=1S/C16H17ClFNO/c1-11(9-12-5-3-4-6-16(12)20-2)19-15-10-13(18)7-8-14(15)17/h3-8,10-11,19H,9H2,1-2H3. The van der Waals surface area contributed by atoms with Gasteiger partial charge in [0.2, 0.25) is 0 Å². The van der Waals surface area contributed by atoms with E-state index in [-0.39, 0.29) is 11.9 Å². The van der Waals surface area contributed by atoms with Gasteiger partial charge >= 0.3 is 0 Å². The van der Waals surface area contributed by atoms with E-state index in [1.165, 1.54) is 12.1 Å². The average Bonchev–Trinajstić information content (AvgIpc) is 2.43. The Hall–Kier alpha value is -1.74. The van der Waals surface area contributed by atoms with Crippen molar-refractivity contribution in [3.05, 3.63) is 58.9 Å². The Balaban J connectivity index is 2.09. The molecule has 0 spiro atoms. The first-order valence-corrected chi connectivity index (χ1v) is 6.81. The molecular formula is C16H17ClFNO. The molecule has 1 atom stereocenters. The minimum absolute atomic E-state index is 0.102. The summed E-state index contributed by atoms with van der Waals surface area (Å²) >= 11 is 6.05. The van der Waals surface area contributed by atoms with E-state index in [0.717, 1.165) is 17.7 Å². The van der Waals surface area contributed by atoms with Crippen LogP contribution >= 0.6 is 11.6 Å². The highest BCUT2D eigenvalue weighted by molar-refractivity contribution is 6.33. The number of methoxy groups -OCH3 is 1. The van der Waals surface area contributed by atoms with Crippen LogP contribution in [0, 0.1) is 5.82 Å². The van der Waals surface area contributed by atoms with Gasteiger partial charge in [0.1, 0.15) is 11.6 Å². The smallest absolute Gasteiger partial charge is 0.125 e. The summed E-state index contributed by atoms with van der Waals surface area (Å²) in [6.07, 6.45) is 0.761. The summed E-state index contributed by atoms with van der Waals surface area (Å²) in [7, 11) is 1.65. The molecule has 0 heterocycles. The average molecular weight is 294 g/mol. The molecule has 0 aromatic heterocycles. The van der Waals surface area contributed by atoms with Crippen molar-refractivity contribution >= 4 is 17.3 Å². The van der Waals surface area contributed by atoms with Crippen molar-refractivity contribution in [1.82, 2.24) is 0 Å². The van der Waals surface area contributed by atoms with E-state index < -0.39 is 0 Å². The molecule has 0 saturated heterocycles. The van der Waals surface area contributed by atoms with Crippen LogP contribution in [0.1, 0.15) is 12.5 Å². The minimum atomic E-state index is -0.304. The fourth-order valence-electron chi connectivity index (χ4n) is 2.13. The molecule has 2 aromatic carbocycles. The van der Waals surface area contributed by atoms with E-state index in [4.69, 9.17) is 16.3 Å². The van der Waals surface area contributed by atoms with Crippen LogP contribution < -0.4 is 10.1 Å². The molecule has 0 saturated carbocycles. The predicted molar refractivity (Wildman–Crippen MR) is 81.2 cm³/mol. The van der Waals surface area contributed by atoms with Gasteiger partial charge in [0.05, 0.1) is 17.8 Å². The molecule has 0 bridgehead atoms. The third-order valence-corrected chi connectivity index (χ3v) is 3.38. The van der Waals surface area contributed by atoms with Crippen molar-refractivity contribution in [2.24, 2.45) is 0 Å². The van der Waals surface area contributed by atoms with Crippen LogP contribution in [0.3, 0.4) is 0 Å². The third-order valence-electron chi connectivity index (χ3n) is 3.05. The molecule has 20 heavy (non-hydrogen) atoms. The molecule has 1 unspecified atom stereocenters. The lowest BCUT2D eigenvalue weighted by Gasteiger charge is -2.18. The number of nitrogens with one attached hydrogen (secondary N) is 1. The van der Waals surface area contributed by atoms with Crippen molar-refractivity contribution in [2.45, 2.75) is 19.4 Å². The zero-order valence-electron chi connectivity index (χ0n) is 11.5. The molecule has 106 valence electrons. The van der Waals surface area contributed by atoms with Gasteiger partial charge in [-0.1, -0.05) is 29.8 Å². The van der Waals surface area contributed by atoms with E-state index in [1.807, 2.05) is 31.2 Å². The maximum Gasteiger partial charge on any atom is 0.125 e. The van der Waals surface area contributed by atoms with E-state index in [9.17, 15) is 4.39 Å². The van der Waals surface area contributed by atoms with Gasteiger partial charge in [-0.05, 0) is 43.2 Å². The summed E-state index contributed by atoms with van der Waals surface area (Å²) in [5, 5.41) is 3.74. The molecule has 2 nitrogen and oxygen atoms in total. The molecule has 0 fully saturated rings.